The molecule has 1 N–H and O–H groups in total. The van der Waals surface area contributed by atoms with E-state index in [0.29, 0.717) is 28.3 Å². The molecule has 0 aliphatic rings. The van der Waals surface area contributed by atoms with Crippen LogP contribution in [0, 0.1) is 0 Å². The van der Waals surface area contributed by atoms with Crippen molar-refractivity contribution in [3.8, 4) is 0 Å². The van der Waals surface area contributed by atoms with Crippen LogP contribution in [-0.2, 0) is 4.74 Å². The van der Waals surface area contributed by atoms with Crippen LogP contribution in [0.4, 0.5) is 0 Å². The lowest BCUT2D eigenvalue weighted by molar-refractivity contribution is 0.0932. The number of carbonyl (C=O) groups excluding carboxylic acids is 1. The van der Waals surface area contributed by atoms with Crippen molar-refractivity contribution in [3.05, 3.63) is 27.5 Å². The Morgan fingerprint density at radius 3 is 3.07 bits per heavy atom. The molecule has 1 aromatic rings. The van der Waals surface area contributed by atoms with E-state index < -0.39 is 0 Å². The molecular weight excluding hydrogens is 283 g/mol. The molecule has 0 aromatic carbocycles. The van der Waals surface area contributed by atoms with E-state index in [0.717, 1.165) is 0 Å². The van der Waals surface area contributed by atoms with E-state index in [9.17, 15) is 4.79 Å². The Hall–Kier alpha value is -0.650. The number of amides is 1. The zero-order chi connectivity index (χ0) is 11.3. The van der Waals surface area contributed by atoms with Crippen molar-refractivity contribution >= 4 is 33.4 Å². The van der Waals surface area contributed by atoms with Gasteiger partial charge in [-0.15, -0.1) is 0 Å². The third-order valence-corrected chi connectivity index (χ3v) is 2.81. The summed E-state index contributed by atoms with van der Waals surface area (Å²) in [5.74, 6) is -0.263. The maximum atomic E-state index is 11.5. The molecule has 1 aromatic heterocycles. The largest absolute Gasteiger partial charge is 0.383 e. The standard InChI is InChI=1S/C9H10BrClN2O2/c1-15-3-2-12-9(14)8-4-7(11)6(10)5-13-8/h4-5H,2-3H2,1H3,(H,12,14). The number of nitrogens with zero attached hydrogens (tertiary/aromatic N) is 1. The Bertz CT molecular complexity index is 360. The number of carbonyl (C=O) groups is 1. The first kappa shape index (κ1) is 12.4. The molecule has 6 heteroatoms. The number of hydrogen-bond acceptors (Lipinski definition) is 3. The monoisotopic (exact) mass is 292 g/mol. The average molecular weight is 294 g/mol. The number of pyridine rings is 1. The van der Waals surface area contributed by atoms with Crippen molar-refractivity contribution in [2.45, 2.75) is 0 Å². The molecule has 1 heterocycles. The first-order valence-corrected chi connectivity index (χ1v) is 5.40. The zero-order valence-corrected chi connectivity index (χ0v) is 10.4. The molecule has 0 aliphatic carbocycles. The quantitative estimate of drug-likeness (QED) is 0.862. The van der Waals surface area contributed by atoms with E-state index in [2.05, 4.69) is 26.2 Å². The molecule has 0 atom stereocenters. The maximum Gasteiger partial charge on any atom is 0.270 e. The SMILES string of the molecule is COCCNC(=O)c1cc(Cl)c(Br)cn1. The summed E-state index contributed by atoms with van der Waals surface area (Å²) in [4.78, 5) is 15.4. The first-order valence-electron chi connectivity index (χ1n) is 4.23. The normalized spacial score (nSPS) is 10.1. The molecular formula is C9H10BrClN2O2. The van der Waals surface area contributed by atoms with E-state index in [4.69, 9.17) is 16.3 Å². The summed E-state index contributed by atoms with van der Waals surface area (Å²) in [6, 6.07) is 1.51. The maximum absolute atomic E-state index is 11.5. The predicted octanol–water partition coefficient (Wildman–Crippen LogP) is 1.87. The molecule has 0 fully saturated rings. The van der Waals surface area contributed by atoms with Crippen LogP contribution in [0.5, 0.6) is 0 Å². The van der Waals surface area contributed by atoms with Gasteiger partial charge in [-0.25, -0.2) is 4.98 Å². The lowest BCUT2D eigenvalue weighted by Crippen LogP contribution is -2.27. The molecule has 0 aliphatic heterocycles. The summed E-state index contributed by atoms with van der Waals surface area (Å²) in [6.07, 6.45) is 1.49. The summed E-state index contributed by atoms with van der Waals surface area (Å²) in [5, 5.41) is 3.11. The summed E-state index contributed by atoms with van der Waals surface area (Å²) >= 11 is 9.02. The molecule has 0 radical (unpaired) electrons. The molecule has 0 saturated carbocycles. The van der Waals surface area contributed by atoms with Gasteiger partial charge in [0.05, 0.1) is 16.1 Å². The van der Waals surface area contributed by atoms with Crippen LogP contribution < -0.4 is 5.32 Å². The predicted molar refractivity (Wildman–Crippen MR) is 61.2 cm³/mol. The molecule has 15 heavy (non-hydrogen) atoms. The third kappa shape index (κ3) is 3.77. The van der Waals surface area contributed by atoms with Crippen molar-refractivity contribution in [2.75, 3.05) is 20.3 Å². The second kappa shape index (κ2) is 6.05. The summed E-state index contributed by atoms with van der Waals surface area (Å²) in [5.41, 5.74) is 0.291. The highest BCUT2D eigenvalue weighted by Gasteiger charge is 2.08. The van der Waals surface area contributed by atoms with Gasteiger partial charge < -0.3 is 10.1 Å². The van der Waals surface area contributed by atoms with Gasteiger partial charge >= 0.3 is 0 Å². The second-order valence-corrected chi connectivity index (χ2v) is 3.99. The fourth-order valence-corrected chi connectivity index (χ4v) is 1.26. The van der Waals surface area contributed by atoms with Crippen molar-refractivity contribution in [1.82, 2.24) is 10.3 Å². The van der Waals surface area contributed by atoms with Crippen LogP contribution in [0.2, 0.25) is 5.02 Å². The van der Waals surface area contributed by atoms with Gasteiger partial charge in [-0.3, -0.25) is 4.79 Å². The van der Waals surface area contributed by atoms with Gasteiger partial charge in [0.25, 0.3) is 5.91 Å². The van der Waals surface area contributed by atoms with E-state index in [1.54, 1.807) is 7.11 Å². The summed E-state index contributed by atoms with van der Waals surface area (Å²) in [7, 11) is 1.57. The average Bonchev–Trinajstić information content (AvgIpc) is 2.22. The highest BCUT2D eigenvalue weighted by atomic mass is 79.9. The summed E-state index contributed by atoms with van der Waals surface area (Å²) < 4.78 is 5.47. The van der Waals surface area contributed by atoms with Crippen molar-refractivity contribution < 1.29 is 9.53 Å². The second-order valence-electron chi connectivity index (χ2n) is 2.73. The van der Waals surface area contributed by atoms with Gasteiger partial charge in [-0.1, -0.05) is 11.6 Å². The van der Waals surface area contributed by atoms with Crippen LogP contribution in [0.15, 0.2) is 16.7 Å². The smallest absolute Gasteiger partial charge is 0.270 e. The van der Waals surface area contributed by atoms with Gasteiger partial charge in [0.15, 0.2) is 0 Å². The number of nitrogens with one attached hydrogen (secondary N) is 1. The van der Waals surface area contributed by atoms with Gasteiger partial charge in [0, 0.05) is 19.9 Å². The van der Waals surface area contributed by atoms with Crippen LogP contribution in [0.3, 0.4) is 0 Å². The van der Waals surface area contributed by atoms with E-state index in [1.807, 2.05) is 0 Å². The van der Waals surface area contributed by atoms with Crippen LogP contribution in [0.1, 0.15) is 10.5 Å². The molecule has 0 saturated heterocycles. The fourth-order valence-electron chi connectivity index (χ4n) is 0.895. The van der Waals surface area contributed by atoms with Crippen molar-refractivity contribution in [1.29, 1.82) is 0 Å². The Labute approximate surface area is 101 Å². The van der Waals surface area contributed by atoms with E-state index >= 15 is 0 Å². The highest BCUT2D eigenvalue weighted by Crippen LogP contribution is 2.21. The molecule has 82 valence electrons. The Kier molecular flexibility index (Phi) is 5.01. The number of methoxy groups -OCH3 is 1. The van der Waals surface area contributed by atoms with Gasteiger partial charge in [0.2, 0.25) is 0 Å². The molecule has 0 unspecified atom stereocenters. The Morgan fingerprint density at radius 1 is 1.73 bits per heavy atom. The van der Waals surface area contributed by atoms with Crippen LogP contribution in [-0.4, -0.2) is 31.2 Å². The number of halogens is 2. The molecule has 4 nitrogen and oxygen atoms in total. The van der Waals surface area contributed by atoms with Crippen molar-refractivity contribution in [3.63, 3.8) is 0 Å². The molecule has 1 amide bonds. The Morgan fingerprint density at radius 2 is 2.47 bits per heavy atom. The number of hydrogen-bond donors (Lipinski definition) is 1. The number of ether oxygens (including phenoxy) is 1. The molecule has 0 spiro atoms. The first-order chi connectivity index (χ1) is 7.15. The number of rotatable bonds is 4. The van der Waals surface area contributed by atoms with Gasteiger partial charge in [-0.2, -0.15) is 0 Å². The van der Waals surface area contributed by atoms with Crippen LogP contribution >= 0.6 is 27.5 Å². The van der Waals surface area contributed by atoms with E-state index in [-0.39, 0.29) is 5.91 Å². The van der Waals surface area contributed by atoms with Crippen molar-refractivity contribution in [2.24, 2.45) is 0 Å². The van der Waals surface area contributed by atoms with Crippen LogP contribution in [0.25, 0.3) is 0 Å². The van der Waals surface area contributed by atoms with Gasteiger partial charge in [0.1, 0.15) is 5.69 Å². The minimum absolute atomic E-state index is 0.263. The molecule has 0 bridgehead atoms. The highest BCUT2D eigenvalue weighted by molar-refractivity contribution is 9.10. The van der Waals surface area contributed by atoms with Gasteiger partial charge in [-0.05, 0) is 22.0 Å². The summed E-state index contributed by atoms with van der Waals surface area (Å²) in [6.45, 7) is 0.917. The minimum Gasteiger partial charge on any atom is -0.383 e. The molecule has 1 rings (SSSR count). The lowest BCUT2D eigenvalue weighted by Gasteiger charge is -2.04. The van der Waals surface area contributed by atoms with E-state index in [1.165, 1.54) is 12.3 Å². The third-order valence-electron chi connectivity index (χ3n) is 1.63. The minimum atomic E-state index is -0.263. The zero-order valence-electron chi connectivity index (χ0n) is 8.09. The Balaban J connectivity index is 2.62. The fraction of sp³-hybridized carbons (Fsp3) is 0.333. The number of aromatic nitrogens is 1. The topological polar surface area (TPSA) is 51.2 Å². The lowest BCUT2D eigenvalue weighted by atomic mass is 10.3.